The number of carbonyl (C=O) groups excluding carboxylic acids is 2. The molecule has 0 aliphatic carbocycles. The van der Waals surface area contributed by atoms with Crippen molar-refractivity contribution in [1.29, 1.82) is 0 Å². The number of amides is 1. The van der Waals surface area contributed by atoms with E-state index in [2.05, 4.69) is 10.3 Å². The summed E-state index contributed by atoms with van der Waals surface area (Å²) in [6.45, 7) is 2.13. The lowest BCUT2D eigenvalue weighted by Gasteiger charge is -2.01. The number of nitrogens with one attached hydrogen (secondary N) is 1. The van der Waals surface area contributed by atoms with Gasteiger partial charge >= 0.3 is 5.97 Å². The zero-order valence-corrected chi connectivity index (χ0v) is 17.0. The lowest BCUT2D eigenvalue weighted by atomic mass is 10.2. The number of hydrogen-bond acceptors (Lipinski definition) is 7. The predicted molar refractivity (Wildman–Crippen MR) is 112 cm³/mol. The van der Waals surface area contributed by atoms with E-state index in [0.717, 1.165) is 21.9 Å². The van der Waals surface area contributed by atoms with Crippen molar-refractivity contribution in [2.45, 2.75) is 13.5 Å². The second-order valence-electron chi connectivity index (χ2n) is 6.18. The molecule has 0 aliphatic rings. The average molecular weight is 425 g/mol. The number of aromatic nitrogens is 1. The number of hydrogen-bond donors (Lipinski definition) is 1. The molecule has 4 rings (SSSR count). The molecule has 0 atom stereocenters. The number of benzene rings is 1. The second kappa shape index (κ2) is 8.42. The van der Waals surface area contributed by atoms with E-state index in [-0.39, 0.29) is 18.3 Å². The van der Waals surface area contributed by atoms with Crippen LogP contribution in [0.4, 0.5) is 5.00 Å². The van der Waals surface area contributed by atoms with Crippen molar-refractivity contribution in [1.82, 2.24) is 4.98 Å². The normalized spacial score (nSPS) is 10.7. The van der Waals surface area contributed by atoms with Gasteiger partial charge in [-0.15, -0.1) is 22.7 Å². The minimum atomic E-state index is -0.460. The smallest absolute Gasteiger partial charge is 0.348 e. The van der Waals surface area contributed by atoms with Crippen LogP contribution in [0.3, 0.4) is 0 Å². The first-order chi connectivity index (χ1) is 14.1. The number of anilines is 1. The van der Waals surface area contributed by atoms with E-state index in [1.165, 1.54) is 23.2 Å². The summed E-state index contributed by atoms with van der Waals surface area (Å²) in [6.07, 6.45) is 1.43. The van der Waals surface area contributed by atoms with E-state index in [1.807, 2.05) is 36.6 Å². The Bertz CT molecular complexity index is 1130. The fraction of sp³-hybridized carbons (Fsp3) is 0.0952. The Morgan fingerprint density at radius 1 is 1.14 bits per heavy atom. The summed E-state index contributed by atoms with van der Waals surface area (Å²) in [7, 11) is 0. The molecular formula is C21H16N2O4S2. The van der Waals surface area contributed by atoms with Gasteiger partial charge in [-0.2, -0.15) is 0 Å². The molecule has 0 saturated carbocycles. The molecule has 29 heavy (non-hydrogen) atoms. The molecule has 0 radical (unpaired) electrons. The summed E-state index contributed by atoms with van der Waals surface area (Å²) in [5.74, 6) is -0.628. The Hall–Kier alpha value is -3.23. The van der Waals surface area contributed by atoms with Crippen LogP contribution in [0.1, 0.15) is 31.5 Å². The number of aryl methyl sites for hydroxylation is 1. The summed E-state index contributed by atoms with van der Waals surface area (Å²) in [6, 6.07) is 14.6. The molecule has 0 saturated heterocycles. The zero-order chi connectivity index (χ0) is 20.2. The van der Waals surface area contributed by atoms with Gasteiger partial charge in [0.05, 0.1) is 17.0 Å². The molecule has 0 fully saturated rings. The van der Waals surface area contributed by atoms with E-state index >= 15 is 0 Å². The van der Waals surface area contributed by atoms with Crippen LogP contribution in [0.15, 0.2) is 64.6 Å². The van der Waals surface area contributed by atoms with Crippen molar-refractivity contribution in [3.8, 4) is 10.6 Å². The molecule has 146 valence electrons. The summed E-state index contributed by atoms with van der Waals surface area (Å²) < 4.78 is 10.4. The number of rotatable bonds is 6. The van der Waals surface area contributed by atoms with Gasteiger partial charge in [-0.25, -0.2) is 9.78 Å². The molecule has 3 aromatic heterocycles. The highest BCUT2D eigenvalue weighted by Crippen LogP contribution is 2.26. The van der Waals surface area contributed by atoms with E-state index in [1.54, 1.807) is 24.3 Å². The highest BCUT2D eigenvalue weighted by Gasteiger charge is 2.15. The molecule has 8 heteroatoms. The highest BCUT2D eigenvalue weighted by molar-refractivity contribution is 7.18. The molecular weight excluding hydrogens is 408 g/mol. The zero-order valence-electron chi connectivity index (χ0n) is 15.4. The first-order valence-corrected chi connectivity index (χ1v) is 10.4. The molecule has 4 aromatic rings. The minimum absolute atomic E-state index is 0.0905. The van der Waals surface area contributed by atoms with Crippen molar-refractivity contribution < 1.29 is 18.7 Å². The third kappa shape index (κ3) is 4.61. The van der Waals surface area contributed by atoms with Crippen molar-refractivity contribution >= 4 is 39.6 Å². The van der Waals surface area contributed by atoms with Gasteiger partial charge in [0.25, 0.3) is 5.91 Å². The van der Waals surface area contributed by atoms with E-state index in [0.29, 0.717) is 15.6 Å². The molecule has 0 aliphatic heterocycles. The maximum Gasteiger partial charge on any atom is 0.348 e. The first kappa shape index (κ1) is 19.1. The van der Waals surface area contributed by atoms with Crippen LogP contribution in [-0.4, -0.2) is 16.9 Å². The molecule has 1 aromatic carbocycles. The summed E-state index contributed by atoms with van der Waals surface area (Å²) in [5.41, 5.74) is 2.92. The first-order valence-electron chi connectivity index (χ1n) is 8.72. The lowest BCUT2D eigenvalue weighted by Crippen LogP contribution is -2.09. The van der Waals surface area contributed by atoms with E-state index in [9.17, 15) is 9.59 Å². The summed E-state index contributed by atoms with van der Waals surface area (Å²) >= 11 is 2.65. The topological polar surface area (TPSA) is 81.4 Å². The van der Waals surface area contributed by atoms with Crippen LogP contribution in [0, 0.1) is 6.92 Å². The van der Waals surface area contributed by atoms with Gasteiger partial charge in [0.15, 0.2) is 5.76 Å². The third-order valence-corrected chi connectivity index (χ3v) is 5.91. The van der Waals surface area contributed by atoms with Crippen molar-refractivity contribution in [2.75, 3.05) is 5.32 Å². The number of ether oxygens (including phenoxy) is 1. The number of carbonyl (C=O) groups is 2. The van der Waals surface area contributed by atoms with E-state index in [4.69, 9.17) is 9.15 Å². The van der Waals surface area contributed by atoms with E-state index < -0.39 is 5.97 Å². The van der Waals surface area contributed by atoms with Gasteiger partial charge in [0, 0.05) is 10.9 Å². The van der Waals surface area contributed by atoms with Gasteiger partial charge in [0.2, 0.25) is 0 Å². The van der Waals surface area contributed by atoms with Crippen LogP contribution in [-0.2, 0) is 11.3 Å². The SMILES string of the molecule is Cc1ccc(-c2nc(COC(=O)c3ccc(NC(=O)c4ccco4)s3)cs2)cc1. The molecule has 1 N–H and O–H groups in total. The van der Waals surface area contributed by atoms with Gasteiger partial charge in [-0.05, 0) is 31.2 Å². The van der Waals surface area contributed by atoms with Crippen LogP contribution >= 0.6 is 22.7 Å². The maximum absolute atomic E-state index is 12.3. The Labute approximate surface area is 174 Å². The second-order valence-corrected chi connectivity index (χ2v) is 8.12. The fourth-order valence-corrected chi connectivity index (χ4v) is 4.11. The number of thiazole rings is 1. The van der Waals surface area contributed by atoms with Gasteiger partial charge in [-0.1, -0.05) is 29.8 Å². The molecule has 1 amide bonds. The standard InChI is InChI=1S/C21H16N2O4S2/c1-13-4-6-14(7-5-13)20-22-15(12-28-20)11-27-21(25)17-8-9-18(29-17)23-19(24)16-3-2-10-26-16/h2-10,12H,11H2,1H3,(H,23,24). The van der Waals surface area contributed by atoms with Gasteiger partial charge in [0.1, 0.15) is 16.5 Å². The Balaban J connectivity index is 1.34. The quantitative estimate of drug-likeness (QED) is 0.420. The van der Waals surface area contributed by atoms with Crippen molar-refractivity contribution in [3.05, 3.63) is 82.1 Å². The number of thiophene rings is 1. The van der Waals surface area contributed by atoms with Crippen LogP contribution < -0.4 is 5.32 Å². The molecule has 6 nitrogen and oxygen atoms in total. The van der Waals surface area contributed by atoms with Crippen LogP contribution in [0.2, 0.25) is 0 Å². The third-order valence-electron chi connectivity index (χ3n) is 3.99. The molecule has 0 unspecified atom stereocenters. The van der Waals surface area contributed by atoms with Gasteiger partial charge in [-0.3, -0.25) is 4.79 Å². The number of nitrogens with zero attached hydrogens (tertiary/aromatic N) is 1. The number of furan rings is 1. The predicted octanol–water partition coefficient (Wildman–Crippen LogP) is 5.38. The van der Waals surface area contributed by atoms with Crippen LogP contribution in [0.25, 0.3) is 10.6 Å². The Kier molecular flexibility index (Phi) is 5.55. The van der Waals surface area contributed by atoms with Crippen molar-refractivity contribution in [2.24, 2.45) is 0 Å². The largest absolute Gasteiger partial charge is 0.459 e. The highest BCUT2D eigenvalue weighted by atomic mass is 32.1. The fourth-order valence-electron chi connectivity index (χ4n) is 2.51. The average Bonchev–Trinajstić information content (AvgIpc) is 3.48. The molecule has 0 bridgehead atoms. The van der Waals surface area contributed by atoms with Crippen molar-refractivity contribution in [3.63, 3.8) is 0 Å². The minimum Gasteiger partial charge on any atom is -0.459 e. The van der Waals surface area contributed by atoms with Gasteiger partial charge < -0.3 is 14.5 Å². The maximum atomic E-state index is 12.3. The number of esters is 1. The molecule has 3 heterocycles. The summed E-state index contributed by atoms with van der Waals surface area (Å²) in [4.78, 5) is 29.2. The Morgan fingerprint density at radius 2 is 1.97 bits per heavy atom. The van der Waals surface area contributed by atoms with Crippen LogP contribution in [0.5, 0.6) is 0 Å². The monoisotopic (exact) mass is 424 g/mol. The Morgan fingerprint density at radius 3 is 2.72 bits per heavy atom. The molecule has 0 spiro atoms. The summed E-state index contributed by atoms with van der Waals surface area (Å²) in [5, 5.41) is 5.99. The lowest BCUT2D eigenvalue weighted by molar-refractivity contribution is 0.0474.